The van der Waals surface area contributed by atoms with Crippen LogP contribution in [-0.4, -0.2) is 35.9 Å². The Bertz CT molecular complexity index is 314. The van der Waals surface area contributed by atoms with Gasteiger partial charge in [-0.05, 0) is 0 Å². The first-order valence-corrected chi connectivity index (χ1v) is 4.43. The summed E-state index contributed by atoms with van der Waals surface area (Å²) in [6.45, 7) is -1.13. The van der Waals surface area contributed by atoms with Crippen LogP contribution in [0.2, 0.25) is 0 Å². The molecule has 0 bridgehead atoms. The van der Waals surface area contributed by atoms with Crippen molar-refractivity contribution in [1.29, 1.82) is 0 Å². The zero-order valence-corrected chi connectivity index (χ0v) is 8.29. The minimum Gasteiger partial charge on any atom is -0.396 e. The molecule has 0 unspecified atom stereocenters. The molecule has 3 N–H and O–H groups in total. The third-order valence-electron chi connectivity index (χ3n) is 1.47. The van der Waals surface area contributed by atoms with E-state index < -0.39 is 12.8 Å². The highest BCUT2D eigenvalue weighted by Gasteiger charge is 2.27. The Morgan fingerprint density at radius 3 is 2.50 bits per heavy atom. The highest BCUT2D eigenvalue weighted by atomic mass is 19.4. The maximum atomic E-state index is 11.7. The smallest absolute Gasteiger partial charge is 0.396 e. The van der Waals surface area contributed by atoms with Gasteiger partial charge in [0.05, 0.1) is 24.7 Å². The van der Waals surface area contributed by atoms with Gasteiger partial charge in [0.2, 0.25) is 5.95 Å². The van der Waals surface area contributed by atoms with Crippen molar-refractivity contribution < 1.29 is 17.9 Å². The molecule has 1 rings (SSSR count). The van der Waals surface area contributed by atoms with Gasteiger partial charge in [0, 0.05) is 6.54 Å². The number of halogens is 3. The van der Waals surface area contributed by atoms with Crippen LogP contribution in [0, 0.1) is 0 Å². The molecule has 0 amide bonds. The van der Waals surface area contributed by atoms with Crippen molar-refractivity contribution >= 4 is 11.6 Å². The second-order valence-corrected chi connectivity index (χ2v) is 2.93. The lowest BCUT2D eigenvalue weighted by Crippen LogP contribution is -2.20. The van der Waals surface area contributed by atoms with E-state index in [2.05, 4.69) is 20.0 Å². The van der Waals surface area contributed by atoms with Gasteiger partial charge in [-0.3, -0.25) is 0 Å². The lowest BCUT2D eigenvalue weighted by Gasteiger charge is -2.08. The third kappa shape index (κ3) is 5.35. The van der Waals surface area contributed by atoms with Gasteiger partial charge in [0.1, 0.15) is 6.61 Å². The Labute approximate surface area is 89.8 Å². The predicted molar refractivity (Wildman–Crippen MR) is 51.8 cm³/mol. The molecule has 0 aliphatic rings. The van der Waals surface area contributed by atoms with Crippen molar-refractivity contribution in [2.24, 2.45) is 0 Å². The summed E-state index contributed by atoms with van der Waals surface area (Å²) in [6.07, 6.45) is -1.50. The van der Waals surface area contributed by atoms with E-state index >= 15 is 0 Å². The fourth-order valence-corrected chi connectivity index (χ4v) is 0.852. The number of alkyl halides is 3. The highest BCUT2D eigenvalue weighted by Crippen LogP contribution is 2.14. The molecule has 8 heteroatoms. The molecule has 0 saturated carbocycles. The van der Waals surface area contributed by atoms with E-state index in [1.807, 2.05) is 0 Å². The van der Waals surface area contributed by atoms with Crippen LogP contribution >= 0.6 is 0 Å². The fourth-order valence-electron chi connectivity index (χ4n) is 0.852. The van der Waals surface area contributed by atoms with Crippen LogP contribution < -0.4 is 11.1 Å². The Morgan fingerprint density at radius 1 is 1.31 bits per heavy atom. The summed E-state index contributed by atoms with van der Waals surface area (Å²) in [5.74, 6) is 0.296. The van der Waals surface area contributed by atoms with Crippen LogP contribution in [0.25, 0.3) is 0 Å². The van der Waals surface area contributed by atoms with Gasteiger partial charge in [-0.2, -0.15) is 13.2 Å². The quantitative estimate of drug-likeness (QED) is 0.747. The normalized spacial score (nSPS) is 11.4. The zero-order valence-electron chi connectivity index (χ0n) is 8.29. The lowest BCUT2D eigenvalue weighted by molar-refractivity contribution is -0.172. The first kappa shape index (κ1) is 12.5. The summed E-state index contributed by atoms with van der Waals surface area (Å²) in [5.41, 5.74) is 5.76. The number of ether oxygens (including phenoxy) is 1. The molecule has 90 valence electrons. The number of nitrogens with zero attached hydrogens (tertiary/aromatic N) is 2. The molecule has 0 aliphatic carbocycles. The average Bonchev–Trinajstić information content (AvgIpc) is 2.19. The molecule has 1 heterocycles. The van der Waals surface area contributed by atoms with E-state index in [0.29, 0.717) is 11.6 Å². The van der Waals surface area contributed by atoms with Crippen molar-refractivity contribution in [1.82, 2.24) is 9.97 Å². The first-order valence-electron chi connectivity index (χ1n) is 4.43. The molecule has 1 aromatic rings. The van der Waals surface area contributed by atoms with Crippen LogP contribution in [-0.2, 0) is 4.74 Å². The highest BCUT2D eigenvalue weighted by molar-refractivity contribution is 5.35. The van der Waals surface area contributed by atoms with Crippen molar-refractivity contribution in [3.63, 3.8) is 0 Å². The maximum absolute atomic E-state index is 11.7. The number of nitrogen functional groups attached to an aromatic ring is 1. The third-order valence-corrected chi connectivity index (χ3v) is 1.47. The summed E-state index contributed by atoms with van der Waals surface area (Å²) < 4.78 is 39.4. The molecule has 0 spiro atoms. The van der Waals surface area contributed by atoms with Gasteiger partial charge in [-0.1, -0.05) is 0 Å². The SMILES string of the molecule is Nc1cnc(NCCOCC(F)(F)F)nc1. The van der Waals surface area contributed by atoms with Gasteiger partial charge in [0.15, 0.2) is 0 Å². The molecule has 0 aromatic carbocycles. The van der Waals surface area contributed by atoms with Gasteiger partial charge >= 0.3 is 6.18 Å². The Hall–Kier alpha value is -1.57. The van der Waals surface area contributed by atoms with E-state index in [-0.39, 0.29) is 13.2 Å². The van der Waals surface area contributed by atoms with E-state index in [4.69, 9.17) is 5.73 Å². The molecule has 0 atom stereocenters. The van der Waals surface area contributed by atoms with Crippen LogP contribution in [0.5, 0.6) is 0 Å². The standard InChI is InChI=1S/C8H11F3N4O/c9-8(10,11)5-16-2-1-13-7-14-3-6(12)4-15-7/h3-4H,1-2,5,12H2,(H,13,14,15). The minimum atomic E-state index is -4.29. The van der Waals surface area contributed by atoms with Crippen molar-refractivity contribution in [3.8, 4) is 0 Å². The van der Waals surface area contributed by atoms with E-state index in [0.717, 1.165) is 0 Å². The Kier molecular flexibility index (Phi) is 4.29. The number of nitrogens with two attached hydrogens (primary N) is 1. The number of hydrogen-bond acceptors (Lipinski definition) is 5. The molecular weight excluding hydrogens is 225 g/mol. The number of hydrogen-bond donors (Lipinski definition) is 2. The van der Waals surface area contributed by atoms with Crippen molar-refractivity contribution in [3.05, 3.63) is 12.4 Å². The van der Waals surface area contributed by atoms with Crippen molar-refractivity contribution in [2.75, 3.05) is 30.8 Å². The Balaban J connectivity index is 2.14. The minimum absolute atomic E-state index is 0.0761. The van der Waals surface area contributed by atoms with Crippen LogP contribution in [0.15, 0.2) is 12.4 Å². The number of anilines is 2. The molecule has 16 heavy (non-hydrogen) atoms. The second kappa shape index (κ2) is 5.50. The molecule has 0 fully saturated rings. The summed E-state index contributed by atoms with van der Waals surface area (Å²) in [4.78, 5) is 7.60. The van der Waals surface area contributed by atoms with E-state index in [1.54, 1.807) is 0 Å². The second-order valence-electron chi connectivity index (χ2n) is 2.93. The first-order chi connectivity index (χ1) is 7.47. The zero-order chi connectivity index (χ0) is 12.0. The molecule has 5 nitrogen and oxygen atoms in total. The summed E-state index contributed by atoms with van der Waals surface area (Å²) in [7, 11) is 0. The molecule has 0 saturated heterocycles. The topological polar surface area (TPSA) is 73.1 Å². The molecule has 1 aromatic heterocycles. The lowest BCUT2D eigenvalue weighted by atomic mass is 10.5. The number of aromatic nitrogens is 2. The summed E-state index contributed by atoms with van der Waals surface area (Å²) in [6, 6.07) is 0. The fraction of sp³-hybridized carbons (Fsp3) is 0.500. The van der Waals surface area contributed by atoms with Gasteiger partial charge in [-0.25, -0.2) is 9.97 Å². The molecule has 0 radical (unpaired) electrons. The summed E-state index contributed by atoms with van der Waals surface area (Å²) >= 11 is 0. The number of nitrogens with one attached hydrogen (secondary N) is 1. The van der Waals surface area contributed by atoms with Gasteiger partial charge in [-0.15, -0.1) is 0 Å². The Morgan fingerprint density at radius 2 is 1.94 bits per heavy atom. The largest absolute Gasteiger partial charge is 0.411 e. The van der Waals surface area contributed by atoms with E-state index in [9.17, 15) is 13.2 Å². The van der Waals surface area contributed by atoms with Crippen LogP contribution in [0.1, 0.15) is 0 Å². The summed E-state index contributed by atoms with van der Waals surface area (Å²) in [5, 5.41) is 2.69. The molecule has 0 aliphatic heterocycles. The average molecular weight is 236 g/mol. The van der Waals surface area contributed by atoms with Crippen LogP contribution in [0.4, 0.5) is 24.8 Å². The molecular formula is C8H11F3N4O. The van der Waals surface area contributed by atoms with Crippen LogP contribution in [0.3, 0.4) is 0 Å². The predicted octanol–water partition coefficient (Wildman–Crippen LogP) is 1.05. The van der Waals surface area contributed by atoms with Gasteiger partial charge < -0.3 is 15.8 Å². The van der Waals surface area contributed by atoms with E-state index in [1.165, 1.54) is 12.4 Å². The maximum Gasteiger partial charge on any atom is 0.411 e. The number of rotatable bonds is 5. The van der Waals surface area contributed by atoms with Gasteiger partial charge in [0.25, 0.3) is 0 Å². The van der Waals surface area contributed by atoms with Crippen molar-refractivity contribution in [2.45, 2.75) is 6.18 Å². The monoisotopic (exact) mass is 236 g/mol.